The number of aryl methyl sites for hydroxylation is 1. The van der Waals surface area contributed by atoms with E-state index in [1.165, 1.54) is 24.4 Å². The number of nitrogens with one attached hydrogen (secondary N) is 1. The Morgan fingerprint density at radius 2 is 2.19 bits per heavy atom. The number of aromatic nitrogens is 1. The second kappa shape index (κ2) is 6.21. The molecule has 2 aromatic rings. The summed E-state index contributed by atoms with van der Waals surface area (Å²) >= 11 is 0. The Morgan fingerprint density at radius 1 is 1.43 bits per heavy atom. The van der Waals surface area contributed by atoms with E-state index in [1.807, 2.05) is 6.92 Å². The van der Waals surface area contributed by atoms with Crippen molar-refractivity contribution >= 4 is 17.5 Å². The molecule has 0 amide bonds. The molecule has 0 aliphatic heterocycles. The lowest BCUT2D eigenvalue weighted by Crippen LogP contribution is -2.10. The molecule has 0 saturated heterocycles. The number of nitrogens with two attached hydrogens (primary N) is 1. The van der Waals surface area contributed by atoms with E-state index < -0.39 is 5.97 Å². The minimum atomic E-state index is -1.09. The summed E-state index contributed by atoms with van der Waals surface area (Å²) < 4.78 is 13.0. The van der Waals surface area contributed by atoms with Crippen molar-refractivity contribution in [2.75, 3.05) is 17.6 Å². The van der Waals surface area contributed by atoms with Crippen LogP contribution in [0.2, 0.25) is 0 Å². The molecule has 5 nitrogen and oxygen atoms in total. The van der Waals surface area contributed by atoms with Gasteiger partial charge in [0.15, 0.2) is 0 Å². The molecule has 0 atom stereocenters. The summed E-state index contributed by atoms with van der Waals surface area (Å²) in [6.07, 6.45) is 2.00. The van der Waals surface area contributed by atoms with Crippen molar-refractivity contribution in [3.8, 4) is 0 Å². The van der Waals surface area contributed by atoms with E-state index >= 15 is 0 Å². The molecule has 0 aliphatic carbocycles. The quantitative estimate of drug-likeness (QED) is 0.787. The Hall–Kier alpha value is -2.63. The van der Waals surface area contributed by atoms with Crippen molar-refractivity contribution in [2.24, 2.45) is 0 Å². The van der Waals surface area contributed by atoms with Crippen LogP contribution in [0.4, 0.5) is 15.9 Å². The molecule has 0 unspecified atom stereocenters. The van der Waals surface area contributed by atoms with Crippen LogP contribution in [0, 0.1) is 12.7 Å². The lowest BCUT2D eigenvalue weighted by molar-refractivity contribution is 0.0698. The van der Waals surface area contributed by atoms with Crippen LogP contribution in [0.25, 0.3) is 0 Å². The fourth-order valence-electron chi connectivity index (χ4n) is 2.01. The third-order valence-electron chi connectivity index (χ3n) is 3.17. The fraction of sp³-hybridized carbons (Fsp3) is 0.200. The first kappa shape index (κ1) is 14.8. The van der Waals surface area contributed by atoms with E-state index in [0.717, 1.165) is 11.1 Å². The maximum Gasteiger partial charge on any atom is 0.337 e. The highest BCUT2D eigenvalue weighted by Crippen LogP contribution is 2.15. The van der Waals surface area contributed by atoms with Gasteiger partial charge in [0, 0.05) is 6.54 Å². The minimum Gasteiger partial charge on any atom is -0.478 e. The SMILES string of the molecule is Cc1cc(F)ccc1CCNc1cc(C(=O)O)c(N)cn1. The lowest BCUT2D eigenvalue weighted by Gasteiger charge is -2.09. The molecule has 1 heterocycles. The zero-order valence-corrected chi connectivity index (χ0v) is 11.6. The van der Waals surface area contributed by atoms with Gasteiger partial charge in [0.1, 0.15) is 11.6 Å². The summed E-state index contributed by atoms with van der Waals surface area (Å²) in [6.45, 7) is 2.41. The monoisotopic (exact) mass is 289 g/mol. The van der Waals surface area contributed by atoms with E-state index in [9.17, 15) is 9.18 Å². The first-order chi connectivity index (χ1) is 9.97. The highest BCUT2D eigenvalue weighted by Gasteiger charge is 2.09. The summed E-state index contributed by atoms with van der Waals surface area (Å²) in [5.41, 5.74) is 7.59. The predicted octanol–water partition coefficient (Wildman–Crippen LogP) is 2.46. The van der Waals surface area contributed by atoms with Crippen molar-refractivity contribution in [1.29, 1.82) is 0 Å². The number of nitrogens with zero attached hydrogens (tertiary/aromatic N) is 1. The zero-order chi connectivity index (χ0) is 15.4. The van der Waals surface area contributed by atoms with Crippen LogP contribution in [0.15, 0.2) is 30.5 Å². The molecule has 0 radical (unpaired) electrons. The van der Waals surface area contributed by atoms with Crippen molar-refractivity contribution < 1.29 is 14.3 Å². The molecule has 21 heavy (non-hydrogen) atoms. The number of halogens is 1. The number of rotatable bonds is 5. The molecule has 0 bridgehead atoms. The Bertz CT molecular complexity index is 674. The highest BCUT2D eigenvalue weighted by atomic mass is 19.1. The van der Waals surface area contributed by atoms with Gasteiger partial charge in [-0.25, -0.2) is 14.2 Å². The Morgan fingerprint density at radius 3 is 2.86 bits per heavy atom. The third kappa shape index (κ3) is 3.68. The molecule has 110 valence electrons. The summed E-state index contributed by atoms with van der Waals surface area (Å²) in [5.74, 6) is -0.899. The van der Waals surface area contributed by atoms with Crippen molar-refractivity contribution in [1.82, 2.24) is 4.98 Å². The molecule has 6 heteroatoms. The lowest BCUT2D eigenvalue weighted by atomic mass is 10.1. The maximum atomic E-state index is 13.0. The van der Waals surface area contributed by atoms with Gasteiger partial charge in [-0.3, -0.25) is 0 Å². The number of aromatic carboxylic acids is 1. The molecule has 1 aromatic carbocycles. The summed E-state index contributed by atoms with van der Waals surface area (Å²) in [7, 11) is 0. The molecular weight excluding hydrogens is 273 g/mol. The first-order valence-electron chi connectivity index (χ1n) is 6.45. The van der Waals surface area contributed by atoms with Crippen LogP contribution in [0.3, 0.4) is 0 Å². The van der Waals surface area contributed by atoms with Gasteiger partial charge in [-0.2, -0.15) is 0 Å². The van der Waals surface area contributed by atoms with Gasteiger partial charge in [-0.15, -0.1) is 0 Å². The predicted molar refractivity (Wildman–Crippen MR) is 78.9 cm³/mol. The second-order valence-corrected chi connectivity index (χ2v) is 4.71. The Labute approximate surface area is 121 Å². The fourth-order valence-corrected chi connectivity index (χ4v) is 2.01. The van der Waals surface area contributed by atoms with Crippen LogP contribution < -0.4 is 11.1 Å². The highest BCUT2D eigenvalue weighted by molar-refractivity contribution is 5.94. The Kier molecular flexibility index (Phi) is 4.37. The van der Waals surface area contributed by atoms with Gasteiger partial charge in [0.05, 0.1) is 17.4 Å². The van der Waals surface area contributed by atoms with E-state index in [2.05, 4.69) is 10.3 Å². The van der Waals surface area contributed by atoms with E-state index in [0.29, 0.717) is 18.8 Å². The summed E-state index contributed by atoms with van der Waals surface area (Å²) in [6, 6.07) is 6.05. The summed E-state index contributed by atoms with van der Waals surface area (Å²) in [4.78, 5) is 15.0. The topological polar surface area (TPSA) is 88.2 Å². The average Bonchev–Trinajstić information content (AvgIpc) is 2.42. The molecule has 1 aromatic heterocycles. The molecule has 2 rings (SSSR count). The molecule has 0 spiro atoms. The normalized spacial score (nSPS) is 10.4. The number of carbonyl (C=O) groups is 1. The molecule has 4 N–H and O–H groups in total. The van der Waals surface area contributed by atoms with Gasteiger partial charge in [-0.1, -0.05) is 6.07 Å². The maximum absolute atomic E-state index is 13.0. The Balaban J connectivity index is 2.00. The number of hydrogen-bond acceptors (Lipinski definition) is 4. The van der Waals surface area contributed by atoms with Crippen LogP contribution in [0.1, 0.15) is 21.5 Å². The van der Waals surface area contributed by atoms with E-state index in [-0.39, 0.29) is 17.1 Å². The number of hydrogen-bond donors (Lipinski definition) is 3. The second-order valence-electron chi connectivity index (χ2n) is 4.71. The van der Waals surface area contributed by atoms with Gasteiger partial charge >= 0.3 is 5.97 Å². The van der Waals surface area contributed by atoms with Crippen molar-refractivity contribution in [3.05, 3.63) is 53.0 Å². The van der Waals surface area contributed by atoms with Crippen LogP contribution in [-0.2, 0) is 6.42 Å². The number of carboxylic acids is 1. The van der Waals surface area contributed by atoms with Gasteiger partial charge in [-0.05, 0) is 42.7 Å². The van der Waals surface area contributed by atoms with Gasteiger partial charge in [0.25, 0.3) is 0 Å². The van der Waals surface area contributed by atoms with Crippen LogP contribution >= 0.6 is 0 Å². The molecular formula is C15H16FN3O2. The van der Waals surface area contributed by atoms with E-state index in [1.54, 1.807) is 6.07 Å². The number of benzene rings is 1. The van der Waals surface area contributed by atoms with Crippen molar-refractivity contribution in [3.63, 3.8) is 0 Å². The summed E-state index contributed by atoms with van der Waals surface area (Å²) in [5, 5.41) is 12.0. The number of anilines is 2. The smallest absolute Gasteiger partial charge is 0.337 e. The molecule has 0 saturated carbocycles. The minimum absolute atomic E-state index is 0.0189. The number of nitrogen functional groups attached to an aromatic ring is 1. The standard InChI is InChI=1S/C15H16FN3O2/c1-9-6-11(16)3-2-10(9)4-5-18-14-7-12(15(20)21)13(17)8-19-14/h2-3,6-8H,4-5,17H2,1H3,(H,18,19)(H,20,21). The van der Waals surface area contributed by atoms with Crippen LogP contribution in [0.5, 0.6) is 0 Å². The molecule has 0 fully saturated rings. The number of carboxylic acid groups (broad SMARTS) is 1. The number of pyridine rings is 1. The molecule has 0 aliphatic rings. The first-order valence-corrected chi connectivity index (χ1v) is 6.45. The van der Waals surface area contributed by atoms with Gasteiger partial charge in [0.2, 0.25) is 0 Å². The largest absolute Gasteiger partial charge is 0.478 e. The van der Waals surface area contributed by atoms with E-state index in [4.69, 9.17) is 10.8 Å². The van der Waals surface area contributed by atoms with Crippen LogP contribution in [-0.4, -0.2) is 22.6 Å². The zero-order valence-electron chi connectivity index (χ0n) is 11.6. The third-order valence-corrected chi connectivity index (χ3v) is 3.17. The average molecular weight is 289 g/mol. The van der Waals surface area contributed by atoms with Gasteiger partial charge < -0.3 is 16.2 Å². The van der Waals surface area contributed by atoms with Crippen molar-refractivity contribution in [2.45, 2.75) is 13.3 Å².